The largest absolute Gasteiger partial charge is 0.338 e. The number of nitrogens with zero attached hydrogens (tertiary/aromatic N) is 1. The highest BCUT2D eigenvalue weighted by Gasteiger charge is 2.45. The first kappa shape index (κ1) is 16.0. The summed E-state index contributed by atoms with van der Waals surface area (Å²) in [5.74, 6) is -0.207. The Bertz CT molecular complexity index is 410. The highest BCUT2D eigenvalue weighted by atomic mass is 16.2. The van der Waals surface area contributed by atoms with E-state index in [2.05, 4.69) is 22.5 Å². The number of nitrogens with one attached hydrogen (secondary N) is 3. The lowest BCUT2D eigenvalue weighted by Crippen LogP contribution is -2.43. The molecule has 0 spiro atoms. The number of carbonyl (C=O) groups excluding carboxylic acids is 3. The predicted molar refractivity (Wildman–Crippen MR) is 75.2 cm³/mol. The second kappa shape index (κ2) is 6.93. The van der Waals surface area contributed by atoms with Gasteiger partial charge in [-0.2, -0.15) is 0 Å². The molecule has 1 aliphatic rings. The zero-order valence-electron chi connectivity index (χ0n) is 12.0. The lowest BCUT2D eigenvalue weighted by Gasteiger charge is -2.19. The Morgan fingerprint density at radius 3 is 2.70 bits per heavy atom. The normalized spacial score (nSPS) is 21.6. The lowest BCUT2D eigenvalue weighted by atomic mass is 9.99. The van der Waals surface area contributed by atoms with Crippen molar-refractivity contribution in [3.8, 4) is 0 Å². The van der Waals surface area contributed by atoms with Gasteiger partial charge in [-0.1, -0.05) is 13.0 Å². The molecule has 7 nitrogen and oxygen atoms in total. The van der Waals surface area contributed by atoms with Crippen LogP contribution in [-0.4, -0.2) is 48.0 Å². The molecule has 1 saturated heterocycles. The Morgan fingerprint density at radius 2 is 2.15 bits per heavy atom. The van der Waals surface area contributed by atoms with Crippen LogP contribution in [0.5, 0.6) is 0 Å². The molecule has 0 aromatic rings. The highest BCUT2D eigenvalue weighted by Crippen LogP contribution is 2.20. The summed E-state index contributed by atoms with van der Waals surface area (Å²) in [6, 6.07) is -0.657. The fourth-order valence-corrected chi connectivity index (χ4v) is 1.86. The van der Waals surface area contributed by atoms with Crippen molar-refractivity contribution in [1.29, 1.82) is 0 Å². The number of amides is 5. The smallest absolute Gasteiger partial charge is 0.325 e. The molecule has 5 amide bonds. The summed E-state index contributed by atoms with van der Waals surface area (Å²) in [7, 11) is 0. The van der Waals surface area contributed by atoms with E-state index in [0.29, 0.717) is 32.5 Å². The number of hydrogen-bond acceptors (Lipinski definition) is 3. The average molecular weight is 282 g/mol. The number of hydrogen-bond donors (Lipinski definition) is 3. The molecule has 7 heteroatoms. The predicted octanol–water partition coefficient (Wildman–Crippen LogP) is 0.582. The van der Waals surface area contributed by atoms with Gasteiger partial charge in [-0.25, -0.2) is 9.59 Å². The first-order valence-electron chi connectivity index (χ1n) is 6.71. The Labute approximate surface area is 118 Å². The summed E-state index contributed by atoms with van der Waals surface area (Å²) < 4.78 is 0. The van der Waals surface area contributed by atoms with Crippen molar-refractivity contribution in [3.63, 3.8) is 0 Å². The standard InChI is InChI=1S/C13H22N4O3/c1-4-7-14-11(19)15-8-6-9-17-10(18)13(3,5-2)16-12(17)20/h4H,1,5-9H2,2-3H3,(H,16,20)(H2,14,15,19)/t13-/m0/s1. The monoisotopic (exact) mass is 282 g/mol. The Hall–Kier alpha value is -2.05. The van der Waals surface area contributed by atoms with E-state index in [-0.39, 0.29) is 18.0 Å². The van der Waals surface area contributed by atoms with Crippen LogP contribution in [0.2, 0.25) is 0 Å². The Kier molecular flexibility index (Phi) is 5.54. The minimum absolute atomic E-state index is 0.207. The van der Waals surface area contributed by atoms with Gasteiger partial charge in [0.2, 0.25) is 0 Å². The van der Waals surface area contributed by atoms with Crippen molar-refractivity contribution in [2.45, 2.75) is 32.2 Å². The molecule has 3 N–H and O–H groups in total. The first-order chi connectivity index (χ1) is 9.44. The van der Waals surface area contributed by atoms with E-state index in [4.69, 9.17) is 0 Å². The van der Waals surface area contributed by atoms with Crippen LogP contribution in [0.25, 0.3) is 0 Å². The molecule has 1 rings (SSSR count). The fraction of sp³-hybridized carbons (Fsp3) is 0.615. The quantitative estimate of drug-likeness (QED) is 0.362. The molecule has 20 heavy (non-hydrogen) atoms. The van der Waals surface area contributed by atoms with Crippen molar-refractivity contribution < 1.29 is 14.4 Å². The van der Waals surface area contributed by atoms with Gasteiger partial charge in [0.25, 0.3) is 5.91 Å². The molecule has 0 radical (unpaired) electrons. The maximum Gasteiger partial charge on any atom is 0.325 e. The molecule has 1 heterocycles. The van der Waals surface area contributed by atoms with Gasteiger partial charge < -0.3 is 16.0 Å². The number of imide groups is 1. The maximum atomic E-state index is 12.1. The van der Waals surface area contributed by atoms with Crippen molar-refractivity contribution >= 4 is 18.0 Å². The van der Waals surface area contributed by atoms with Crippen LogP contribution in [-0.2, 0) is 4.79 Å². The van der Waals surface area contributed by atoms with E-state index in [1.165, 1.54) is 4.90 Å². The summed E-state index contributed by atoms with van der Waals surface area (Å²) >= 11 is 0. The molecule has 1 aliphatic heterocycles. The highest BCUT2D eigenvalue weighted by molar-refractivity contribution is 6.06. The number of rotatable bonds is 7. The molecule has 0 bridgehead atoms. The molecule has 0 aromatic heterocycles. The minimum Gasteiger partial charge on any atom is -0.338 e. The molecule has 112 valence electrons. The fourth-order valence-electron chi connectivity index (χ4n) is 1.86. The Morgan fingerprint density at radius 1 is 1.45 bits per heavy atom. The van der Waals surface area contributed by atoms with Crippen molar-refractivity contribution in [2.24, 2.45) is 0 Å². The van der Waals surface area contributed by atoms with Crippen LogP contribution in [0, 0.1) is 0 Å². The molecular formula is C13H22N4O3. The summed E-state index contributed by atoms with van der Waals surface area (Å²) in [4.78, 5) is 36.2. The van der Waals surface area contributed by atoms with E-state index in [9.17, 15) is 14.4 Å². The molecule has 0 saturated carbocycles. The van der Waals surface area contributed by atoms with Gasteiger partial charge in [0, 0.05) is 19.6 Å². The van der Waals surface area contributed by atoms with Gasteiger partial charge >= 0.3 is 12.1 Å². The molecule has 0 unspecified atom stereocenters. The van der Waals surface area contributed by atoms with Crippen LogP contribution in [0.4, 0.5) is 9.59 Å². The van der Waals surface area contributed by atoms with Gasteiger partial charge in [0.15, 0.2) is 0 Å². The summed E-state index contributed by atoms with van der Waals surface area (Å²) in [5.41, 5.74) is -0.800. The van der Waals surface area contributed by atoms with E-state index in [1.807, 2.05) is 6.92 Å². The molecule has 1 atom stereocenters. The zero-order chi connectivity index (χ0) is 15.2. The minimum atomic E-state index is -0.800. The van der Waals surface area contributed by atoms with E-state index in [1.54, 1.807) is 13.0 Å². The average Bonchev–Trinajstić information content (AvgIpc) is 2.64. The number of urea groups is 2. The van der Waals surface area contributed by atoms with Gasteiger partial charge in [-0.15, -0.1) is 6.58 Å². The molecular weight excluding hydrogens is 260 g/mol. The Balaban J connectivity index is 2.32. The van der Waals surface area contributed by atoms with Crippen LogP contribution < -0.4 is 16.0 Å². The van der Waals surface area contributed by atoms with E-state index < -0.39 is 5.54 Å². The van der Waals surface area contributed by atoms with E-state index in [0.717, 1.165) is 0 Å². The zero-order valence-corrected chi connectivity index (χ0v) is 12.0. The second-order valence-corrected chi connectivity index (χ2v) is 4.85. The van der Waals surface area contributed by atoms with E-state index >= 15 is 0 Å². The van der Waals surface area contributed by atoms with Crippen LogP contribution in [0.3, 0.4) is 0 Å². The SMILES string of the molecule is C=CCNC(=O)NCCCN1C(=O)N[C@@](C)(CC)C1=O. The van der Waals surface area contributed by atoms with Gasteiger partial charge in [-0.05, 0) is 19.8 Å². The lowest BCUT2D eigenvalue weighted by molar-refractivity contribution is -0.130. The third-order valence-corrected chi connectivity index (χ3v) is 3.30. The maximum absolute atomic E-state index is 12.1. The topological polar surface area (TPSA) is 90.5 Å². The molecule has 1 fully saturated rings. The summed E-state index contributed by atoms with van der Waals surface area (Å²) in [6.07, 6.45) is 2.65. The number of carbonyl (C=O) groups is 3. The summed E-state index contributed by atoms with van der Waals surface area (Å²) in [5, 5.41) is 7.89. The van der Waals surface area contributed by atoms with Gasteiger partial charge in [0.1, 0.15) is 5.54 Å². The van der Waals surface area contributed by atoms with Crippen molar-refractivity contribution in [1.82, 2.24) is 20.9 Å². The van der Waals surface area contributed by atoms with Gasteiger partial charge in [0.05, 0.1) is 0 Å². The van der Waals surface area contributed by atoms with Crippen LogP contribution in [0.15, 0.2) is 12.7 Å². The third-order valence-electron chi connectivity index (χ3n) is 3.30. The van der Waals surface area contributed by atoms with Crippen molar-refractivity contribution in [2.75, 3.05) is 19.6 Å². The van der Waals surface area contributed by atoms with Crippen molar-refractivity contribution in [3.05, 3.63) is 12.7 Å². The second-order valence-electron chi connectivity index (χ2n) is 4.85. The van der Waals surface area contributed by atoms with Crippen LogP contribution >= 0.6 is 0 Å². The van der Waals surface area contributed by atoms with Crippen LogP contribution in [0.1, 0.15) is 26.7 Å². The summed E-state index contributed by atoms with van der Waals surface area (Å²) in [6.45, 7) is 8.14. The first-order valence-corrected chi connectivity index (χ1v) is 6.71. The van der Waals surface area contributed by atoms with Gasteiger partial charge in [-0.3, -0.25) is 9.69 Å². The molecule has 0 aliphatic carbocycles. The molecule has 0 aromatic carbocycles. The third kappa shape index (κ3) is 3.72.